The van der Waals surface area contributed by atoms with Gasteiger partial charge < -0.3 is 4.74 Å². The molecule has 0 amide bonds. The number of benzene rings is 3. The lowest BCUT2D eigenvalue weighted by molar-refractivity contribution is 0.300. The Kier molecular flexibility index (Phi) is 5.58. The lowest BCUT2D eigenvalue weighted by Gasteiger charge is -2.08. The molecule has 0 radical (unpaired) electrons. The van der Waals surface area contributed by atoms with Crippen molar-refractivity contribution in [3.63, 3.8) is 0 Å². The number of rotatable bonds is 6. The van der Waals surface area contributed by atoms with Gasteiger partial charge in [-0.15, -0.1) is 0 Å². The summed E-state index contributed by atoms with van der Waals surface area (Å²) >= 11 is 0. The highest BCUT2D eigenvalue weighted by Crippen LogP contribution is 2.17. The van der Waals surface area contributed by atoms with Crippen molar-refractivity contribution in [2.24, 2.45) is 5.10 Å². The third-order valence-corrected chi connectivity index (χ3v) is 3.62. The normalized spacial score (nSPS) is 10.5. The van der Waals surface area contributed by atoms with Gasteiger partial charge in [-0.05, 0) is 42.0 Å². The number of ether oxygens (including phenoxy) is 1. The van der Waals surface area contributed by atoms with Gasteiger partial charge in [0.25, 0.3) is 0 Å². The van der Waals surface area contributed by atoms with Gasteiger partial charge in [0, 0.05) is 5.56 Å². The van der Waals surface area contributed by atoms with Crippen LogP contribution in [-0.4, -0.2) is 6.21 Å². The van der Waals surface area contributed by atoms with E-state index in [4.69, 9.17) is 10.00 Å². The van der Waals surface area contributed by atoms with Crippen LogP contribution in [0.1, 0.15) is 16.7 Å². The predicted octanol–water partition coefficient (Wildman–Crippen LogP) is 4.72. The lowest BCUT2D eigenvalue weighted by Crippen LogP contribution is -1.99. The van der Waals surface area contributed by atoms with Crippen LogP contribution in [-0.2, 0) is 6.61 Å². The average Bonchev–Trinajstić information content (AvgIpc) is 2.68. The molecule has 0 aliphatic heterocycles. The molecule has 0 aromatic heterocycles. The smallest absolute Gasteiger partial charge is 0.131 e. The summed E-state index contributed by atoms with van der Waals surface area (Å²) in [4.78, 5) is 0. The first-order valence-electron chi connectivity index (χ1n) is 8.00. The highest BCUT2D eigenvalue weighted by Gasteiger charge is 2.05. The van der Waals surface area contributed by atoms with Crippen molar-refractivity contribution < 1.29 is 9.13 Å². The first-order valence-corrected chi connectivity index (χ1v) is 8.00. The number of anilines is 1. The quantitative estimate of drug-likeness (QED) is 0.519. The molecule has 26 heavy (non-hydrogen) atoms. The third kappa shape index (κ3) is 4.68. The van der Waals surface area contributed by atoms with Gasteiger partial charge in [-0.1, -0.05) is 36.4 Å². The van der Waals surface area contributed by atoms with Crippen LogP contribution in [0.4, 0.5) is 10.1 Å². The average molecular weight is 345 g/mol. The zero-order chi connectivity index (χ0) is 18.2. The second kappa shape index (κ2) is 8.45. The van der Waals surface area contributed by atoms with Gasteiger partial charge in [0.15, 0.2) is 0 Å². The molecular formula is C21H16FN3O. The molecule has 3 rings (SSSR count). The molecule has 0 saturated carbocycles. The highest BCUT2D eigenvalue weighted by molar-refractivity contribution is 5.80. The van der Waals surface area contributed by atoms with Gasteiger partial charge in [-0.25, -0.2) is 4.39 Å². The second-order valence-electron chi connectivity index (χ2n) is 5.52. The number of nitriles is 1. The number of nitrogens with one attached hydrogen (secondary N) is 1. The van der Waals surface area contributed by atoms with Gasteiger partial charge in [0.1, 0.15) is 18.2 Å². The van der Waals surface area contributed by atoms with Crippen LogP contribution in [0, 0.1) is 17.1 Å². The van der Waals surface area contributed by atoms with E-state index in [1.807, 2.05) is 54.6 Å². The van der Waals surface area contributed by atoms with Crippen molar-refractivity contribution in [1.82, 2.24) is 0 Å². The minimum absolute atomic E-state index is 0.0837. The summed E-state index contributed by atoms with van der Waals surface area (Å²) < 4.78 is 19.5. The Balaban J connectivity index is 1.61. The summed E-state index contributed by atoms with van der Waals surface area (Å²) in [6.45, 7) is 0.0837. The molecule has 0 bridgehead atoms. The Hall–Kier alpha value is -3.65. The Morgan fingerprint density at radius 3 is 2.65 bits per heavy atom. The van der Waals surface area contributed by atoms with Crippen LogP contribution in [0.15, 0.2) is 77.9 Å². The largest absolute Gasteiger partial charge is 0.489 e. The maximum atomic E-state index is 13.9. The molecule has 128 valence electrons. The fourth-order valence-electron chi connectivity index (χ4n) is 2.27. The molecule has 4 nitrogen and oxygen atoms in total. The molecule has 0 spiro atoms. The molecule has 0 atom stereocenters. The summed E-state index contributed by atoms with van der Waals surface area (Å²) in [6.07, 6.45) is 1.68. The molecule has 0 aliphatic rings. The lowest BCUT2D eigenvalue weighted by atomic mass is 10.1. The summed E-state index contributed by atoms with van der Waals surface area (Å²) in [5.74, 6) is 0.159. The molecule has 3 aromatic carbocycles. The SMILES string of the molecule is N#Cc1ccc(COc2cccc(C=NNc3ccccc3)c2)c(F)c1. The van der Waals surface area contributed by atoms with Crippen LogP contribution < -0.4 is 10.2 Å². The number of nitrogens with zero attached hydrogens (tertiary/aromatic N) is 2. The van der Waals surface area contributed by atoms with Crippen molar-refractivity contribution in [2.75, 3.05) is 5.43 Å². The van der Waals surface area contributed by atoms with Crippen molar-refractivity contribution in [1.29, 1.82) is 5.26 Å². The van der Waals surface area contributed by atoms with Gasteiger partial charge in [-0.3, -0.25) is 5.43 Å². The highest BCUT2D eigenvalue weighted by atomic mass is 19.1. The van der Waals surface area contributed by atoms with Crippen molar-refractivity contribution >= 4 is 11.9 Å². The predicted molar refractivity (Wildman–Crippen MR) is 99.5 cm³/mol. The fraction of sp³-hybridized carbons (Fsp3) is 0.0476. The van der Waals surface area contributed by atoms with E-state index in [9.17, 15) is 4.39 Å². The number of hydrazone groups is 1. The van der Waals surface area contributed by atoms with E-state index in [-0.39, 0.29) is 12.2 Å². The van der Waals surface area contributed by atoms with E-state index in [1.165, 1.54) is 6.07 Å². The monoisotopic (exact) mass is 345 g/mol. The Morgan fingerprint density at radius 1 is 1.04 bits per heavy atom. The summed E-state index contributed by atoms with van der Waals surface area (Å²) in [5, 5.41) is 13.0. The number of para-hydroxylation sites is 1. The van der Waals surface area contributed by atoms with Gasteiger partial charge in [-0.2, -0.15) is 10.4 Å². The van der Waals surface area contributed by atoms with E-state index in [0.717, 1.165) is 11.3 Å². The van der Waals surface area contributed by atoms with E-state index < -0.39 is 5.82 Å². The molecular weight excluding hydrogens is 329 g/mol. The van der Waals surface area contributed by atoms with E-state index in [2.05, 4.69) is 10.5 Å². The summed E-state index contributed by atoms with van der Waals surface area (Å²) in [7, 11) is 0. The van der Waals surface area contributed by atoms with Crippen molar-refractivity contribution in [2.45, 2.75) is 6.61 Å². The first-order chi connectivity index (χ1) is 12.7. The molecule has 5 heteroatoms. The number of halogens is 1. The zero-order valence-electron chi connectivity index (χ0n) is 13.9. The van der Waals surface area contributed by atoms with Gasteiger partial charge in [0.05, 0.1) is 23.5 Å². The number of hydrogen-bond acceptors (Lipinski definition) is 4. The van der Waals surface area contributed by atoms with E-state index in [1.54, 1.807) is 24.4 Å². The molecule has 0 fully saturated rings. The third-order valence-electron chi connectivity index (χ3n) is 3.62. The van der Waals surface area contributed by atoms with E-state index in [0.29, 0.717) is 11.3 Å². The summed E-state index contributed by atoms with van der Waals surface area (Å²) in [6, 6.07) is 23.2. The van der Waals surface area contributed by atoms with Crippen LogP contribution in [0.5, 0.6) is 5.75 Å². The maximum Gasteiger partial charge on any atom is 0.131 e. The zero-order valence-corrected chi connectivity index (χ0v) is 13.9. The molecule has 1 N–H and O–H groups in total. The fourth-order valence-corrected chi connectivity index (χ4v) is 2.27. The van der Waals surface area contributed by atoms with E-state index >= 15 is 0 Å². The van der Waals surface area contributed by atoms with Crippen LogP contribution in [0.3, 0.4) is 0 Å². The van der Waals surface area contributed by atoms with Crippen molar-refractivity contribution in [3.05, 3.63) is 95.3 Å². The molecule has 0 aliphatic carbocycles. The van der Waals surface area contributed by atoms with Crippen LogP contribution in [0.2, 0.25) is 0 Å². The first kappa shape index (κ1) is 17.2. The minimum Gasteiger partial charge on any atom is -0.489 e. The molecule has 0 unspecified atom stereocenters. The molecule has 3 aromatic rings. The van der Waals surface area contributed by atoms with Gasteiger partial charge >= 0.3 is 0 Å². The standard InChI is InChI=1S/C21H16FN3O/c22-21-12-16(13-23)9-10-18(21)15-26-20-8-4-5-17(11-20)14-24-25-19-6-2-1-3-7-19/h1-12,14,25H,15H2. The van der Waals surface area contributed by atoms with Crippen molar-refractivity contribution in [3.8, 4) is 11.8 Å². The molecule has 0 saturated heterocycles. The summed E-state index contributed by atoms with van der Waals surface area (Å²) in [5.41, 5.74) is 5.37. The minimum atomic E-state index is -0.450. The van der Waals surface area contributed by atoms with Gasteiger partial charge in [0.2, 0.25) is 0 Å². The maximum absolute atomic E-state index is 13.9. The molecule has 0 heterocycles. The van der Waals surface area contributed by atoms with Crippen LogP contribution in [0.25, 0.3) is 0 Å². The number of hydrogen-bond donors (Lipinski definition) is 1. The second-order valence-corrected chi connectivity index (χ2v) is 5.52. The topological polar surface area (TPSA) is 57.4 Å². The van der Waals surface area contributed by atoms with Crippen LogP contribution >= 0.6 is 0 Å². The Bertz CT molecular complexity index is 949. The Labute approximate surface area is 151 Å². The Morgan fingerprint density at radius 2 is 1.88 bits per heavy atom.